The molecule has 0 bridgehead atoms. The summed E-state index contributed by atoms with van der Waals surface area (Å²) in [4.78, 5) is 2.61. The van der Waals surface area contributed by atoms with Gasteiger partial charge in [-0.15, -0.1) is 0 Å². The van der Waals surface area contributed by atoms with Crippen molar-refractivity contribution in [2.45, 2.75) is 16.2 Å². The minimum absolute atomic E-state index is 0.361. The Morgan fingerprint density at radius 2 is 1.68 bits per heavy atom. The maximum Gasteiger partial charge on any atom is 0.123 e. The molecule has 0 saturated carbocycles. The lowest BCUT2D eigenvalue weighted by Crippen LogP contribution is -1.99. The third-order valence-corrected chi connectivity index (χ3v) is 4.94. The van der Waals surface area contributed by atoms with E-state index in [9.17, 15) is 5.11 Å². The predicted octanol–water partition coefficient (Wildman–Crippen LogP) is 4.60. The van der Waals surface area contributed by atoms with Crippen LogP contribution in [0.25, 0.3) is 10.8 Å². The van der Waals surface area contributed by atoms with Crippen LogP contribution in [-0.2, 0) is 6.42 Å². The van der Waals surface area contributed by atoms with Gasteiger partial charge in [-0.05, 0) is 35.1 Å². The van der Waals surface area contributed by atoms with Crippen LogP contribution in [0.4, 0.5) is 0 Å². The second kappa shape index (κ2) is 4.04. The first-order valence-electron chi connectivity index (χ1n) is 6.32. The minimum Gasteiger partial charge on any atom is -0.507 e. The summed E-state index contributed by atoms with van der Waals surface area (Å²) in [7, 11) is 0. The molecule has 0 unspecified atom stereocenters. The van der Waals surface area contributed by atoms with Crippen molar-refractivity contribution in [3.63, 3.8) is 0 Å². The zero-order valence-electron chi connectivity index (χ0n) is 10.3. The molecule has 3 aromatic carbocycles. The second-order valence-corrected chi connectivity index (χ2v) is 5.86. The van der Waals surface area contributed by atoms with E-state index in [2.05, 4.69) is 36.4 Å². The Morgan fingerprint density at radius 3 is 2.63 bits per heavy atom. The van der Waals surface area contributed by atoms with Gasteiger partial charge < -0.3 is 5.11 Å². The molecule has 0 spiro atoms. The minimum atomic E-state index is 0.361. The molecular formula is C17H12OS. The summed E-state index contributed by atoms with van der Waals surface area (Å²) in [6, 6.07) is 18.5. The Balaban J connectivity index is 1.99. The lowest BCUT2D eigenvalue weighted by Gasteiger charge is -2.20. The van der Waals surface area contributed by atoms with Crippen molar-refractivity contribution in [3.05, 3.63) is 65.7 Å². The highest BCUT2D eigenvalue weighted by Gasteiger charge is 2.18. The summed E-state index contributed by atoms with van der Waals surface area (Å²) in [6.45, 7) is 0. The zero-order chi connectivity index (χ0) is 12.8. The molecule has 1 aliphatic heterocycles. The number of aromatic hydroxyl groups is 1. The summed E-state index contributed by atoms with van der Waals surface area (Å²) in [6.07, 6.45) is 0.976. The first kappa shape index (κ1) is 10.9. The molecule has 1 heterocycles. The number of hydrogen-bond acceptors (Lipinski definition) is 2. The van der Waals surface area contributed by atoms with Gasteiger partial charge in [-0.2, -0.15) is 0 Å². The van der Waals surface area contributed by atoms with Gasteiger partial charge in [0.25, 0.3) is 0 Å². The highest BCUT2D eigenvalue weighted by molar-refractivity contribution is 7.99. The highest BCUT2D eigenvalue weighted by Crippen LogP contribution is 2.44. The van der Waals surface area contributed by atoms with Gasteiger partial charge in [-0.1, -0.05) is 54.2 Å². The summed E-state index contributed by atoms with van der Waals surface area (Å²) in [5, 5.41) is 12.0. The number of benzene rings is 3. The van der Waals surface area contributed by atoms with Gasteiger partial charge >= 0.3 is 0 Å². The van der Waals surface area contributed by atoms with E-state index in [1.165, 1.54) is 20.9 Å². The molecule has 2 heteroatoms. The van der Waals surface area contributed by atoms with Crippen LogP contribution in [0.15, 0.2) is 64.4 Å². The van der Waals surface area contributed by atoms with Crippen LogP contribution < -0.4 is 0 Å². The average Bonchev–Trinajstić information content (AvgIpc) is 2.45. The Morgan fingerprint density at radius 1 is 0.789 bits per heavy atom. The first-order chi connectivity index (χ1) is 9.33. The van der Waals surface area contributed by atoms with Crippen LogP contribution in [0.5, 0.6) is 5.75 Å². The van der Waals surface area contributed by atoms with Crippen molar-refractivity contribution < 1.29 is 5.11 Å². The van der Waals surface area contributed by atoms with E-state index in [4.69, 9.17) is 0 Å². The van der Waals surface area contributed by atoms with E-state index in [1.54, 1.807) is 6.07 Å². The van der Waals surface area contributed by atoms with E-state index in [-0.39, 0.29) is 0 Å². The summed E-state index contributed by atoms with van der Waals surface area (Å²) < 4.78 is 0. The van der Waals surface area contributed by atoms with Crippen molar-refractivity contribution in [1.82, 2.24) is 0 Å². The van der Waals surface area contributed by atoms with E-state index in [0.29, 0.717) is 5.75 Å². The molecule has 1 aliphatic rings. The number of phenols is 1. The third-order valence-electron chi connectivity index (χ3n) is 3.64. The molecule has 4 rings (SSSR count). The van der Waals surface area contributed by atoms with E-state index in [0.717, 1.165) is 17.2 Å². The van der Waals surface area contributed by atoms with Crippen molar-refractivity contribution in [3.8, 4) is 5.75 Å². The maximum absolute atomic E-state index is 9.96. The Kier molecular flexibility index (Phi) is 2.32. The van der Waals surface area contributed by atoms with E-state index < -0.39 is 0 Å². The van der Waals surface area contributed by atoms with E-state index >= 15 is 0 Å². The van der Waals surface area contributed by atoms with Crippen molar-refractivity contribution >= 4 is 22.5 Å². The van der Waals surface area contributed by atoms with Crippen molar-refractivity contribution in [2.75, 3.05) is 0 Å². The number of rotatable bonds is 0. The Labute approximate surface area is 115 Å². The lowest BCUT2D eigenvalue weighted by atomic mass is 10.00. The van der Waals surface area contributed by atoms with Gasteiger partial charge in [-0.25, -0.2) is 0 Å². The van der Waals surface area contributed by atoms with Gasteiger partial charge in [0.2, 0.25) is 0 Å². The van der Waals surface area contributed by atoms with Crippen molar-refractivity contribution in [1.29, 1.82) is 0 Å². The predicted molar refractivity (Wildman–Crippen MR) is 79.0 cm³/mol. The van der Waals surface area contributed by atoms with Gasteiger partial charge in [0.15, 0.2) is 0 Å². The number of hydrogen-bond donors (Lipinski definition) is 1. The topological polar surface area (TPSA) is 20.2 Å². The summed E-state index contributed by atoms with van der Waals surface area (Å²) >= 11 is 1.81. The molecule has 19 heavy (non-hydrogen) atoms. The van der Waals surface area contributed by atoms with E-state index in [1.807, 2.05) is 23.9 Å². The normalized spacial score (nSPS) is 13.1. The smallest absolute Gasteiger partial charge is 0.123 e. The molecule has 0 amide bonds. The van der Waals surface area contributed by atoms with Gasteiger partial charge in [0.1, 0.15) is 5.75 Å². The van der Waals surface area contributed by atoms with Crippen LogP contribution in [-0.4, -0.2) is 5.11 Å². The fourth-order valence-corrected chi connectivity index (χ4v) is 3.88. The molecule has 0 radical (unpaired) electrons. The third kappa shape index (κ3) is 1.64. The quantitative estimate of drug-likeness (QED) is 0.501. The molecule has 0 aromatic heterocycles. The number of phenolic OH excluding ortho intramolecular Hbond substituents is 1. The standard InChI is InChI=1S/C17H12OS/c18-15-6-3-5-14-13(15)9-8-12-10-11-4-1-2-7-16(11)19-17(12)14/h1-9,18H,10H2. The van der Waals surface area contributed by atoms with Crippen molar-refractivity contribution in [2.24, 2.45) is 0 Å². The van der Waals surface area contributed by atoms with Crippen LogP contribution >= 0.6 is 11.8 Å². The van der Waals surface area contributed by atoms with Gasteiger partial charge in [-0.3, -0.25) is 0 Å². The van der Waals surface area contributed by atoms with Crippen LogP contribution in [0.2, 0.25) is 0 Å². The second-order valence-electron chi connectivity index (χ2n) is 4.81. The average molecular weight is 264 g/mol. The molecule has 1 N–H and O–H groups in total. The SMILES string of the molecule is Oc1cccc2c3c(ccc12)Cc1ccccc1S3. The first-order valence-corrected chi connectivity index (χ1v) is 7.14. The fraction of sp³-hybridized carbons (Fsp3) is 0.0588. The molecule has 3 aromatic rings. The van der Waals surface area contributed by atoms with Gasteiger partial charge in [0, 0.05) is 15.2 Å². The van der Waals surface area contributed by atoms with Crippen LogP contribution in [0.1, 0.15) is 11.1 Å². The Hall–Kier alpha value is -1.93. The molecular weight excluding hydrogens is 252 g/mol. The molecule has 0 saturated heterocycles. The fourth-order valence-electron chi connectivity index (χ4n) is 2.68. The van der Waals surface area contributed by atoms with Crippen LogP contribution in [0, 0.1) is 0 Å². The molecule has 92 valence electrons. The highest BCUT2D eigenvalue weighted by atomic mass is 32.2. The molecule has 0 aliphatic carbocycles. The zero-order valence-corrected chi connectivity index (χ0v) is 11.1. The molecule has 1 nitrogen and oxygen atoms in total. The summed E-state index contributed by atoms with van der Waals surface area (Å²) in [5.41, 5.74) is 2.74. The van der Waals surface area contributed by atoms with Gasteiger partial charge in [0.05, 0.1) is 0 Å². The molecule has 0 fully saturated rings. The lowest BCUT2D eigenvalue weighted by molar-refractivity contribution is 0.481. The number of fused-ring (bicyclic) bond motifs is 4. The maximum atomic E-state index is 9.96. The summed E-state index contributed by atoms with van der Waals surface area (Å²) in [5.74, 6) is 0.361. The molecule has 0 atom stereocenters. The monoisotopic (exact) mass is 264 g/mol. The Bertz CT molecular complexity index is 792. The van der Waals surface area contributed by atoms with Crippen LogP contribution in [0.3, 0.4) is 0 Å². The largest absolute Gasteiger partial charge is 0.507 e.